The molecule has 1 aliphatic heterocycles. The number of aliphatic hydroxyl groups excluding tert-OH is 1. The van der Waals surface area contributed by atoms with Gasteiger partial charge in [-0.25, -0.2) is 8.42 Å². The van der Waals surface area contributed by atoms with Crippen LogP contribution in [-0.2, 0) is 19.6 Å². The average Bonchev–Trinajstić information content (AvgIpc) is 3.38. The summed E-state index contributed by atoms with van der Waals surface area (Å²) in [5, 5.41) is 13.5. The van der Waals surface area contributed by atoms with Gasteiger partial charge in [-0.2, -0.15) is 4.72 Å². The molecule has 1 amide bonds. The van der Waals surface area contributed by atoms with Crippen molar-refractivity contribution in [2.24, 2.45) is 0 Å². The van der Waals surface area contributed by atoms with E-state index in [9.17, 15) is 23.1 Å². The van der Waals surface area contributed by atoms with Crippen LogP contribution >= 0.6 is 0 Å². The second-order valence-electron chi connectivity index (χ2n) is 7.52. The highest BCUT2D eigenvalue weighted by Crippen LogP contribution is 2.25. The summed E-state index contributed by atoms with van der Waals surface area (Å²) in [7, 11) is -3.83. The molecule has 1 heterocycles. The van der Waals surface area contributed by atoms with Gasteiger partial charge in [0, 0.05) is 6.54 Å². The zero-order valence-corrected chi connectivity index (χ0v) is 17.1. The van der Waals surface area contributed by atoms with E-state index in [2.05, 4.69) is 10.0 Å². The highest BCUT2D eigenvalue weighted by molar-refractivity contribution is 7.89. The van der Waals surface area contributed by atoms with E-state index in [1.807, 2.05) is 6.08 Å². The molecule has 0 saturated carbocycles. The van der Waals surface area contributed by atoms with Crippen LogP contribution in [0.1, 0.15) is 32.6 Å². The van der Waals surface area contributed by atoms with Crippen LogP contribution in [0.5, 0.6) is 0 Å². The summed E-state index contributed by atoms with van der Waals surface area (Å²) < 4.78 is 27.4. The molecule has 1 aromatic carbocycles. The van der Waals surface area contributed by atoms with Gasteiger partial charge < -0.3 is 14.8 Å². The lowest BCUT2D eigenvalue weighted by molar-refractivity contribution is -0.136. The smallest absolute Gasteiger partial charge is 0.241 e. The first-order valence-electron chi connectivity index (χ1n) is 9.77. The molecule has 2 aliphatic rings. The molecule has 1 aromatic rings. The molecule has 0 radical (unpaired) electrons. The van der Waals surface area contributed by atoms with E-state index in [1.54, 1.807) is 18.2 Å². The standard InChI is InChI=1S/C20H27N3O5S/c1-14(22-29(27,28)17-6-3-2-4-7-17)20(26)23-11-5-8-18(23)19(25)21-16(13-24)12-15-9-10-15/h2-4,6-7,9,13-14,16,18-19,21-22,25H,5,8,10-12H2,1H3/t14?,16-,18-,19?/m0/s1. The molecule has 3 rings (SSSR count). The van der Waals surface area contributed by atoms with Crippen molar-refractivity contribution >= 4 is 22.2 Å². The lowest BCUT2D eigenvalue weighted by Gasteiger charge is -2.32. The number of hydrogen-bond donors (Lipinski definition) is 3. The van der Waals surface area contributed by atoms with E-state index in [0.29, 0.717) is 25.8 Å². The number of likely N-dealkylation sites (tertiary alicyclic amines) is 1. The summed E-state index contributed by atoms with van der Waals surface area (Å²) in [6.07, 6.45) is 4.45. The van der Waals surface area contributed by atoms with E-state index in [0.717, 1.165) is 12.7 Å². The lowest BCUT2D eigenvalue weighted by Crippen LogP contribution is -2.55. The number of nitrogens with one attached hydrogen (secondary N) is 2. The molecule has 0 aromatic heterocycles. The van der Waals surface area contributed by atoms with Crippen LogP contribution in [0.2, 0.25) is 0 Å². The number of amides is 1. The van der Waals surface area contributed by atoms with E-state index in [1.165, 1.54) is 29.5 Å². The Kier molecular flexibility index (Phi) is 6.84. The van der Waals surface area contributed by atoms with Crippen LogP contribution in [0.25, 0.3) is 0 Å². The Bertz CT molecular complexity index is 871. The third-order valence-electron chi connectivity index (χ3n) is 5.23. The van der Waals surface area contributed by atoms with Crippen molar-refractivity contribution in [3.05, 3.63) is 42.0 Å². The molecule has 9 heteroatoms. The second-order valence-corrected chi connectivity index (χ2v) is 9.24. The first-order chi connectivity index (χ1) is 13.8. The van der Waals surface area contributed by atoms with E-state index >= 15 is 0 Å². The zero-order chi connectivity index (χ0) is 21.0. The van der Waals surface area contributed by atoms with Gasteiger partial charge in [0.05, 0.1) is 23.0 Å². The van der Waals surface area contributed by atoms with Crippen LogP contribution in [0, 0.1) is 0 Å². The van der Waals surface area contributed by atoms with Gasteiger partial charge in [-0.15, -0.1) is 0 Å². The summed E-state index contributed by atoms with van der Waals surface area (Å²) >= 11 is 0. The van der Waals surface area contributed by atoms with Crippen molar-refractivity contribution in [1.29, 1.82) is 0 Å². The van der Waals surface area contributed by atoms with Gasteiger partial charge in [0.2, 0.25) is 15.9 Å². The number of aliphatic hydroxyl groups is 1. The van der Waals surface area contributed by atoms with E-state index in [-0.39, 0.29) is 4.90 Å². The van der Waals surface area contributed by atoms with Crippen LogP contribution in [0.15, 0.2) is 46.9 Å². The van der Waals surface area contributed by atoms with Crippen molar-refractivity contribution in [2.75, 3.05) is 6.54 Å². The number of carbonyl (C=O) groups excluding carboxylic acids is 2. The van der Waals surface area contributed by atoms with Gasteiger partial charge in [-0.1, -0.05) is 29.8 Å². The quantitative estimate of drug-likeness (QED) is 0.289. The van der Waals surface area contributed by atoms with Gasteiger partial charge in [0.1, 0.15) is 12.5 Å². The number of nitrogens with zero attached hydrogens (tertiary/aromatic N) is 1. The Hall–Kier alpha value is -2.07. The number of aldehydes is 1. The summed E-state index contributed by atoms with van der Waals surface area (Å²) in [4.78, 5) is 25.7. The summed E-state index contributed by atoms with van der Waals surface area (Å²) in [6, 6.07) is 5.85. The molecule has 2 unspecified atom stereocenters. The van der Waals surface area contributed by atoms with Gasteiger partial charge in [0.25, 0.3) is 0 Å². The Morgan fingerprint density at radius 3 is 2.66 bits per heavy atom. The third-order valence-corrected chi connectivity index (χ3v) is 6.78. The summed E-state index contributed by atoms with van der Waals surface area (Å²) in [5.74, 6) is -0.402. The first-order valence-corrected chi connectivity index (χ1v) is 11.3. The topological polar surface area (TPSA) is 116 Å². The average molecular weight is 422 g/mol. The van der Waals surface area contributed by atoms with Crippen molar-refractivity contribution in [3.8, 4) is 0 Å². The van der Waals surface area contributed by atoms with Gasteiger partial charge >= 0.3 is 0 Å². The molecule has 4 atom stereocenters. The highest BCUT2D eigenvalue weighted by Gasteiger charge is 2.37. The molecule has 1 fully saturated rings. The number of allylic oxidation sites excluding steroid dienone is 1. The molecule has 0 bridgehead atoms. The maximum absolute atomic E-state index is 12.9. The highest BCUT2D eigenvalue weighted by atomic mass is 32.2. The fourth-order valence-corrected chi connectivity index (χ4v) is 4.81. The van der Waals surface area contributed by atoms with Crippen molar-refractivity contribution in [2.45, 2.75) is 61.9 Å². The van der Waals surface area contributed by atoms with Gasteiger partial charge in [-0.05, 0) is 44.7 Å². The lowest BCUT2D eigenvalue weighted by atomic mass is 10.1. The predicted octanol–water partition coefficient (Wildman–Crippen LogP) is 0.540. The Morgan fingerprint density at radius 1 is 1.34 bits per heavy atom. The van der Waals surface area contributed by atoms with Gasteiger partial charge in [0.15, 0.2) is 0 Å². The van der Waals surface area contributed by atoms with Crippen LogP contribution < -0.4 is 10.0 Å². The monoisotopic (exact) mass is 421 g/mol. The molecular formula is C20H27N3O5S. The number of carbonyl (C=O) groups is 2. The Labute approximate surface area is 171 Å². The van der Waals surface area contributed by atoms with Crippen molar-refractivity contribution < 1.29 is 23.1 Å². The number of hydrogen-bond acceptors (Lipinski definition) is 6. The molecule has 3 N–H and O–H groups in total. The maximum Gasteiger partial charge on any atom is 0.241 e. The number of rotatable bonds is 10. The minimum absolute atomic E-state index is 0.0857. The summed E-state index contributed by atoms with van der Waals surface area (Å²) in [6.45, 7) is 1.92. The van der Waals surface area contributed by atoms with Crippen molar-refractivity contribution in [1.82, 2.24) is 14.9 Å². The van der Waals surface area contributed by atoms with E-state index in [4.69, 9.17) is 0 Å². The zero-order valence-electron chi connectivity index (χ0n) is 16.3. The first kappa shape index (κ1) is 21.6. The molecule has 158 valence electrons. The fourth-order valence-electron chi connectivity index (χ4n) is 3.59. The van der Waals surface area contributed by atoms with Crippen LogP contribution in [0.3, 0.4) is 0 Å². The van der Waals surface area contributed by atoms with Gasteiger partial charge in [-0.3, -0.25) is 10.1 Å². The van der Waals surface area contributed by atoms with Crippen LogP contribution in [-0.4, -0.2) is 61.5 Å². The Morgan fingerprint density at radius 2 is 2.03 bits per heavy atom. The summed E-state index contributed by atoms with van der Waals surface area (Å²) in [5.41, 5.74) is 1.17. The molecule has 29 heavy (non-hydrogen) atoms. The number of sulfonamides is 1. The SMILES string of the molecule is CC(NS(=O)(=O)c1ccccc1)C(=O)N1CCC[C@H]1C(O)N[C@H](C=O)CC1=CC1. The fraction of sp³-hybridized carbons (Fsp3) is 0.500. The van der Waals surface area contributed by atoms with Crippen LogP contribution in [0.4, 0.5) is 0 Å². The maximum atomic E-state index is 12.9. The second kappa shape index (κ2) is 9.17. The molecule has 1 aliphatic carbocycles. The van der Waals surface area contributed by atoms with Crippen molar-refractivity contribution in [3.63, 3.8) is 0 Å². The molecule has 8 nitrogen and oxygen atoms in total. The van der Waals surface area contributed by atoms with E-state index < -0.39 is 40.3 Å². The molecule has 0 spiro atoms. The predicted molar refractivity (Wildman–Crippen MR) is 107 cm³/mol. The number of benzene rings is 1. The largest absolute Gasteiger partial charge is 0.376 e. The molecule has 1 saturated heterocycles. The molecular weight excluding hydrogens is 394 g/mol. The third kappa shape index (κ3) is 5.51. The Balaban J connectivity index is 1.62. The minimum atomic E-state index is -3.83. The minimum Gasteiger partial charge on any atom is -0.376 e. The normalized spacial score (nSPS) is 21.9.